The van der Waals surface area contributed by atoms with Gasteiger partial charge in [-0.2, -0.15) is 0 Å². The highest BCUT2D eigenvalue weighted by molar-refractivity contribution is 5.35. The fraction of sp³-hybridized carbons (Fsp3) is 0.0769. The summed E-state index contributed by atoms with van der Waals surface area (Å²) >= 11 is 0. The number of hydrogen-bond acceptors (Lipinski definition) is 2. The fourth-order valence-corrected chi connectivity index (χ4v) is 1.87. The topological polar surface area (TPSA) is 38.0 Å². The molecule has 2 rings (SSSR count). The van der Waals surface area contributed by atoms with Crippen LogP contribution in [0.2, 0.25) is 0 Å². The third-order valence-corrected chi connectivity index (χ3v) is 2.92. The van der Waals surface area contributed by atoms with Crippen molar-refractivity contribution in [2.75, 3.05) is 0 Å². The fourth-order valence-electron chi connectivity index (χ4n) is 1.87. The van der Waals surface area contributed by atoms with Crippen molar-refractivity contribution in [2.24, 2.45) is 5.84 Å². The Morgan fingerprint density at radius 1 is 0.667 bits per heavy atom. The van der Waals surface area contributed by atoms with Crippen LogP contribution >= 0.6 is 0 Å². The molecule has 21 heavy (non-hydrogen) atoms. The van der Waals surface area contributed by atoms with Gasteiger partial charge < -0.3 is 0 Å². The molecule has 0 amide bonds. The lowest BCUT2D eigenvalue weighted by Gasteiger charge is -2.19. The molecule has 2 aromatic rings. The smallest absolute Gasteiger partial charge is 0.194 e. The average molecular weight is 306 g/mol. The van der Waals surface area contributed by atoms with Gasteiger partial charge in [-0.25, -0.2) is 31.8 Å². The van der Waals surface area contributed by atoms with Crippen molar-refractivity contribution in [3.63, 3.8) is 0 Å². The van der Waals surface area contributed by atoms with Crippen LogP contribution in [0.4, 0.5) is 26.3 Å². The Morgan fingerprint density at radius 2 is 1.05 bits per heavy atom. The molecule has 0 radical (unpaired) electrons. The van der Waals surface area contributed by atoms with Crippen LogP contribution < -0.4 is 11.3 Å². The van der Waals surface area contributed by atoms with Crippen LogP contribution in [0.15, 0.2) is 24.3 Å². The Bertz CT molecular complexity index is 631. The molecule has 2 aromatic carbocycles. The van der Waals surface area contributed by atoms with Crippen LogP contribution in [0.3, 0.4) is 0 Å². The van der Waals surface area contributed by atoms with Gasteiger partial charge in [0, 0.05) is 11.1 Å². The first-order valence-electron chi connectivity index (χ1n) is 5.61. The van der Waals surface area contributed by atoms with E-state index in [1.807, 2.05) is 5.43 Å². The number of nitrogens with one attached hydrogen (secondary N) is 1. The predicted molar refractivity (Wildman–Crippen MR) is 61.8 cm³/mol. The maximum absolute atomic E-state index is 13.7. The molecule has 8 heteroatoms. The minimum atomic E-state index is -1.78. The third-order valence-electron chi connectivity index (χ3n) is 2.92. The standard InChI is InChI=1S/C13H8F6N2/c14-7-3-1-5(9(16)11(7)18)13(21-20)6-2-4-8(15)12(19)10(6)17/h1-4,13,21H,20H2. The number of rotatable bonds is 3. The van der Waals surface area contributed by atoms with Gasteiger partial charge in [-0.1, -0.05) is 12.1 Å². The molecule has 0 heterocycles. The molecule has 0 spiro atoms. The van der Waals surface area contributed by atoms with E-state index in [0.717, 1.165) is 12.1 Å². The lowest BCUT2D eigenvalue weighted by molar-refractivity contribution is 0.419. The van der Waals surface area contributed by atoms with Crippen LogP contribution in [0.1, 0.15) is 17.2 Å². The molecule has 0 saturated heterocycles. The summed E-state index contributed by atoms with van der Waals surface area (Å²) < 4.78 is 79.5. The third kappa shape index (κ3) is 2.59. The number of halogens is 6. The summed E-state index contributed by atoms with van der Waals surface area (Å²) in [7, 11) is 0. The van der Waals surface area contributed by atoms with Gasteiger partial charge in [0.05, 0.1) is 6.04 Å². The summed E-state index contributed by atoms with van der Waals surface area (Å²) in [5, 5.41) is 0. The Kier molecular flexibility index (Phi) is 4.19. The Balaban J connectivity index is 2.61. The normalized spacial score (nSPS) is 11.2. The van der Waals surface area contributed by atoms with E-state index >= 15 is 0 Å². The van der Waals surface area contributed by atoms with Crippen LogP contribution in [-0.2, 0) is 0 Å². The second kappa shape index (κ2) is 5.74. The van der Waals surface area contributed by atoms with E-state index in [0.29, 0.717) is 12.1 Å². The summed E-state index contributed by atoms with van der Waals surface area (Å²) in [6.07, 6.45) is 0. The average Bonchev–Trinajstić information content (AvgIpc) is 2.47. The molecule has 0 atom stereocenters. The van der Waals surface area contributed by atoms with Gasteiger partial charge in [-0.05, 0) is 12.1 Å². The SMILES string of the molecule is NNC(c1ccc(F)c(F)c1F)c1ccc(F)c(F)c1F. The first-order valence-corrected chi connectivity index (χ1v) is 5.61. The molecule has 0 aromatic heterocycles. The highest BCUT2D eigenvalue weighted by atomic mass is 19.2. The number of nitrogens with two attached hydrogens (primary N) is 1. The zero-order valence-electron chi connectivity index (χ0n) is 10.2. The molecule has 0 bridgehead atoms. The molecular formula is C13H8F6N2. The van der Waals surface area contributed by atoms with Crippen molar-refractivity contribution in [2.45, 2.75) is 6.04 Å². The molecule has 0 aliphatic heterocycles. The highest BCUT2D eigenvalue weighted by Gasteiger charge is 2.26. The van der Waals surface area contributed by atoms with Gasteiger partial charge >= 0.3 is 0 Å². The van der Waals surface area contributed by atoms with Crippen LogP contribution in [0, 0.1) is 34.9 Å². The Labute approximate surface area is 115 Å². The maximum atomic E-state index is 13.7. The summed E-state index contributed by atoms with van der Waals surface area (Å²) in [5.74, 6) is -4.54. The number of hydrogen-bond donors (Lipinski definition) is 2. The number of benzene rings is 2. The van der Waals surface area contributed by atoms with Gasteiger partial charge in [0.2, 0.25) is 0 Å². The highest BCUT2D eigenvalue weighted by Crippen LogP contribution is 2.29. The van der Waals surface area contributed by atoms with E-state index < -0.39 is 52.1 Å². The van der Waals surface area contributed by atoms with Crippen molar-refractivity contribution in [3.05, 3.63) is 70.3 Å². The molecule has 0 aliphatic carbocycles. The first kappa shape index (κ1) is 15.3. The van der Waals surface area contributed by atoms with Crippen LogP contribution in [0.5, 0.6) is 0 Å². The van der Waals surface area contributed by atoms with Crippen LogP contribution in [-0.4, -0.2) is 0 Å². The van der Waals surface area contributed by atoms with E-state index in [9.17, 15) is 26.3 Å². The molecular weight excluding hydrogens is 298 g/mol. The van der Waals surface area contributed by atoms with E-state index in [-0.39, 0.29) is 0 Å². The van der Waals surface area contributed by atoms with Crippen molar-refractivity contribution in [1.29, 1.82) is 0 Å². The quantitative estimate of drug-likeness (QED) is 0.396. The molecule has 2 nitrogen and oxygen atoms in total. The molecule has 3 N–H and O–H groups in total. The lowest BCUT2D eigenvalue weighted by atomic mass is 9.97. The molecule has 0 aliphatic rings. The zero-order valence-corrected chi connectivity index (χ0v) is 10.2. The van der Waals surface area contributed by atoms with E-state index in [1.165, 1.54) is 0 Å². The van der Waals surface area contributed by atoms with Crippen LogP contribution in [0.25, 0.3) is 0 Å². The summed E-state index contributed by atoms with van der Waals surface area (Å²) in [4.78, 5) is 0. The molecule has 112 valence electrons. The second-order valence-corrected chi connectivity index (χ2v) is 4.13. The summed E-state index contributed by atoms with van der Waals surface area (Å²) in [6.45, 7) is 0. The van der Waals surface area contributed by atoms with E-state index in [4.69, 9.17) is 5.84 Å². The van der Waals surface area contributed by atoms with Crippen molar-refractivity contribution in [3.8, 4) is 0 Å². The number of hydrazine groups is 1. The van der Waals surface area contributed by atoms with E-state index in [2.05, 4.69) is 0 Å². The predicted octanol–water partition coefficient (Wildman–Crippen LogP) is 3.07. The van der Waals surface area contributed by atoms with Gasteiger partial charge in [0.1, 0.15) is 0 Å². The largest absolute Gasteiger partial charge is 0.271 e. The van der Waals surface area contributed by atoms with Gasteiger partial charge in [-0.3, -0.25) is 5.84 Å². The van der Waals surface area contributed by atoms with E-state index in [1.54, 1.807) is 0 Å². The Hall–Kier alpha value is -2.06. The maximum Gasteiger partial charge on any atom is 0.194 e. The molecule has 0 saturated carbocycles. The minimum Gasteiger partial charge on any atom is -0.271 e. The van der Waals surface area contributed by atoms with Crippen molar-refractivity contribution in [1.82, 2.24) is 5.43 Å². The van der Waals surface area contributed by atoms with Gasteiger partial charge in [0.25, 0.3) is 0 Å². The lowest BCUT2D eigenvalue weighted by Crippen LogP contribution is -2.31. The van der Waals surface area contributed by atoms with Gasteiger partial charge in [0.15, 0.2) is 34.9 Å². The second-order valence-electron chi connectivity index (χ2n) is 4.13. The molecule has 0 unspecified atom stereocenters. The zero-order chi connectivity index (χ0) is 15.7. The molecule has 0 fully saturated rings. The van der Waals surface area contributed by atoms with Crippen molar-refractivity contribution >= 4 is 0 Å². The summed E-state index contributed by atoms with van der Waals surface area (Å²) in [5.41, 5.74) is 0.843. The first-order chi connectivity index (χ1) is 9.88. The monoisotopic (exact) mass is 306 g/mol. The Morgan fingerprint density at radius 3 is 1.38 bits per heavy atom. The van der Waals surface area contributed by atoms with Gasteiger partial charge in [-0.15, -0.1) is 0 Å². The minimum absolute atomic E-state index is 0.554. The summed E-state index contributed by atoms with van der Waals surface area (Å²) in [6, 6.07) is 1.32. The van der Waals surface area contributed by atoms with Crippen molar-refractivity contribution < 1.29 is 26.3 Å².